The van der Waals surface area contributed by atoms with Gasteiger partial charge >= 0.3 is 11.9 Å². The summed E-state index contributed by atoms with van der Waals surface area (Å²) in [5, 5.41) is 67.0. The van der Waals surface area contributed by atoms with Crippen LogP contribution in [0.25, 0.3) is 11.3 Å². The number of amides is 1. The number of ether oxygens (including phenoxy) is 6. The number of carbonyl (C=O) groups is 3. The Morgan fingerprint density at radius 1 is 0.862 bits per heavy atom. The monoisotopic (exact) mass is 908 g/mol. The molecule has 0 radical (unpaired) electrons. The molecule has 1 aromatic heterocycles. The summed E-state index contributed by atoms with van der Waals surface area (Å²) in [6, 6.07) is 16.4. The lowest BCUT2D eigenvalue weighted by Crippen LogP contribution is -2.67. The van der Waals surface area contributed by atoms with Crippen molar-refractivity contribution in [2.24, 2.45) is 17.8 Å². The third-order valence-corrected chi connectivity index (χ3v) is 13.5. The standard InChI is InChI=1S/C47H64N4O14/c1-26-19-34(40(55)42(57)39(26)54)62-43-33(51-23-32(49-50-51)30-17-11-6-12-18-30)21-31(45(58)60-3)22-35(43)64-47-38(48-27(2)53)44(41(56)37(24-52)65-47)63-36(20-28-13-7-4-8-14-28)46(59)61-25-29-15-9-5-10-16-29/h5-6,9-12,15-18,23,26,28,31,33-44,47,52,54-57H,4,7-8,13-14,19-22,24-25H2,1-3H3,(H,48,53)/t26?,31?,33?,34-,35-,36+,37?,38?,39-,40?,41+,42?,43?,44?,47-/m1/s1. The van der Waals surface area contributed by atoms with Gasteiger partial charge < -0.3 is 59.3 Å². The van der Waals surface area contributed by atoms with Crippen LogP contribution in [0.15, 0.2) is 66.9 Å². The van der Waals surface area contributed by atoms with Crippen LogP contribution in [0.5, 0.6) is 0 Å². The minimum atomic E-state index is -1.57. The normalized spacial score (nSPS) is 33.7. The lowest BCUT2D eigenvalue weighted by Gasteiger charge is -2.49. The first-order chi connectivity index (χ1) is 31.3. The van der Waals surface area contributed by atoms with Crippen molar-refractivity contribution in [2.45, 2.75) is 158 Å². The largest absolute Gasteiger partial charge is 0.469 e. The first-order valence-electron chi connectivity index (χ1n) is 22.8. The summed E-state index contributed by atoms with van der Waals surface area (Å²) in [5.74, 6) is -2.92. The van der Waals surface area contributed by atoms with Crippen LogP contribution in [-0.4, -0.2) is 145 Å². The van der Waals surface area contributed by atoms with E-state index in [1.54, 1.807) is 17.8 Å². The van der Waals surface area contributed by atoms with Crippen LogP contribution < -0.4 is 5.32 Å². The number of methoxy groups -OCH3 is 1. The summed E-state index contributed by atoms with van der Waals surface area (Å²) in [4.78, 5) is 40.6. The summed E-state index contributed by atoms with van der Waals surface area (Å²) >= 11 is 0. The van der Waals surface area contributed by atoms with Gasteiger partial charge in [0.1, 0.15) is 55.0 Å². The van der Waals surface area contributed by atoms with Gasteiger partial charge in [0.25, 0.3) is 0 Å². The molecule has 65 heavy (non-hydrogen) atoms. The molecule has 3 saturated carbocycles. The van der Waals surface area contributed by atoms with Crippen LogP contribution in [0.3, 0.4) is 0 Å². The van der Waals surface area contributed by atoms with E-state index < -0.39 is 116 Å². The van der Waals surface area contributed by atoms with E-state index in [1.165, 1.54) is 14.0 Å². The first kappa shape index (κ1) is 48.6. The Morgan fingerprint density at radius 3 is 2.25 bits per heavy atom. The maximum atomic E-state index is 14.0. The van der Waals surface area contributed by atoms with Crippen LogP contribution >= 0.6 is 0 Å². The van der Waals surface area contributed by atoms with Crippen LogP contribution in [-0.2, 0) is 49.4 Å². The highest BCUT2D eigenvalue weighted by Crippen LogP contribution is 2.42. The van der Waals surface area contributed by atoms with E-state index in [0.717, 1.165) is 43.2 Å². The number of aromatic nitrogens is 3. The maximum absolute atomic E-state index is 14.0. The van der Waals surface area contributed by atoms with Crippen molar-refractivity contribution in [3.8, 4) is 11.3 Å². The van der Waals surface area contributed by atoms with Crippen LogP contribution in [0.2, 0.25) is 0 Å². The minimum absolute atomic E-state index is 0.0185. The number of nitrogens with one attached hydrogen (secondary N) is 1. The van der Waals surface area contributed by atoms with Gasteiger partial charge in [0, 0.05) is 12.5 Å². The molecule has 18 nitrogen and oxygen atoms in total. The van der Waals surface area contributed by atoms with Crippen LogP contribution in [0.1, 0.15) is 83.2 Å². The van der Waals surface area contributed by atoms with Crippen molar-refractivity contribution in [1.82, 2.24) is 20.3 Å². The Hall–Kier alpha value is -4.37. The van der Waals surface area contributed by atoms with E-state index in [4.69, 9.17) is 28.4 Å². The maximum Gasteiger partial charge on any atom is 0.335 e. The molecular weight excluding hydrogens is 845 g/mol. The number of hydrogen-bond acceptors (Lipinski definition) is 16. The second-order valence-corrected chi connectivity index (χ2v) is 18.1. The zero-order chi connectivity index (χ0) is 46.2. The molecular formula is C47H64N4O14. The number of hydrogen-bond donors (Lipinski definition) is 6. The fraction of sp³-hybridized carbons (Fsp3) is 0.638. The molecule has 3 aliphatic carbocycles. The zero-order valence-corrected chi connectivity index (χ0v) is 37.1. The molecule has 4 fully saturated rings. The van der Waals surface area contributed by atoms with Crippen LogP contribution in [0.4, 0.5) is 0 Å². The van der Waals surface area contributed by atoms with E-state index in [-0.39, 0.29) is 38.2 Å². The minimum Gasteiger partial charge on any atom is -0.469 e. The highest BCUT2D eigenvalue weighted by molar-refractivity contribution is 5.75. The SMILES string of the molecule is COC(=O)C1CC(n2cc(-c3ccccc3)nn2)C(O[C@@H]2CC(C)[C@@H](O)C(O)C2O)[C@H](O[C@@H]2OC(CO)[C@H](O)C(O[C@@H](CC3CCCCC3)C(=O)OCc3ccccc3)C2NC(C)=O)C1. The Labute approximate surface area is 378 Å². The average Bonchev–Trinajstić information content (AvgIpc) is 3.82. The molecule has 0 spiro atoms. The summed E-state index contributed by atoms with van der Waals surface area (Å²) in [7, 11) is 1.27. The number of aliphatic hydroxyl groups is 5. The van der Waals surface area contributed by atoms with Crippen molar-refractivity contribution in [3.63, 3.8) is 0 Å². The van der Waals surface area contributed by atoms with E-state index in [0.29, 0.717) is 5.69 Å². The predicted octanol–water partition coefficient (Wildman–Crippen LogP) is 2.38. The van der Waals surface area contributed by atoms with Gasteiger partial charge in [-0.3, -0.25) is 9.59 Å². The molecule has 7 rings (SSSR count). The Bertz CT molecular complexity index is 1990. The molecule has 3 aromatic rings. The van der Waals surface area contributed by atoms with Crippen molar-refractivity contribution in [1.29, 1.82) is 0 Å². The van der Waals surface area contributed by atoms with Gasteiger partial charge in [0.2, 0.25) is 5.91 Å². The number of rotatable bonds is 16. The average molecular weight is 909 g/mol. The van der Waals surface area contributed by atoms with Gasteiger partial charge in [0.15, 0.2) is 12.4 Å². The van der Waals surface area contributed by atoms with Crippen LogP contribution in [0, 0.1) is 17.8 Å². The Kier molecular flexibility index (Phi) is 16.7. The van der Waals surface area contributed by atoms with Gasteiger partial charge in [-0.1, -0.05) is 105 Å². The quantitative estimate of drug-likeness (QED) is 0.113. The molecule has 6 N–H and O–H groups in total. The predicted molar refractivity (Wildman–Crippen MR) is 230 cm³/mol. The van der Waals surface area contributed by atoms with E-state index in [1.807, 2.05) is 60.7 Å². The number of benzene rings is 2. The smallest absolute Gasteiger partial charge is 0.335 e. The van der Waals surface area contributed by atoms with Gasteiger partial charge in [-0.05, 0) is 43.1 Å². The molecule has 356 valence electrons. The van der Waals surface area contributed by atoms with Gasteiger partial charge in [-0.2, -0.15) is 0 Å². The molecule has 15 atom stereocenters. The summed E-state index contributed by atoms with van der Waals surface area (Å²) in [6.45, 7) is 2.27. The number of aliphatic hydroxyl groups excluding tert-OH is 5. The fourth-order valence-corrected chi connectivity index (χ4v) is 9.89. The van der Waals surface area contributed by atoms with Gasteiger partial charge in [-0.15, -0.1) is 5.10 Å². The fourth-order valence-electron chi connectivity index (χ4n) is 9.89. The second kappa shape index (κ2) is 22.4. The van der Waals surface area contributed by atoms with E-state index in [9.17, 15) is 39.9 Å². The Morgan fingerprint density at radius 2 is 1.57 bits per heavy atom. The topological polar surface area (TPSA) is 250 Å². The van der Waals surface area contributed by atoms with Gasteiger partial charge in [-0.25, -0.2) is 9.48 Å². The molecule has 1 amide bonds. The highest BCUT2D eigenvalue weighted by atomic mass is 16.7. The van der Waals surface area contributed by atoms with Crippen molar-refractivity contribution < 1.29 is 68.3 Å². The molecule has 0 bridgehead atoms. The van der Waals surface area contributed by atoms with Gasteiger partial charge in [0.05, 0.1) is 50.2 Å². The third-order valence-electron chi connectivity index (χ3n) is 13.5. The first-order valence-corrected chi connectivity index (χ1v) is 22.8. The van der Waals surface area contributed by atoms with Crippen molar-refractivity contribution >= 4 is 17.8 Å². The van der Waals surface area contributed by atoms with E-state index >= 15 is 0 Å². The molecule has 2 heterocycles. The van der Waals surface area contributed by atoms with Crippen molar-refractivity contribution in [2.75, 3.05) is 13.7 Å². The summed E-state index contributed by atoms with van der Waals surface area (Å²) in [6.07, 6.45) is -7.40. The molecule has 1 saturated heterocycles. The third kappa shape index (κ3) is 11.8. The molecule has 2 aromatic carbocycles. The lowest BCUT2D eigenvalue weighted by molar-refractivity contribution is -0.310. The Balaban J connectivity index is 1.24. The number of carbonyl (C=O) groups excluding carboxylic acids is 3. The van der Waals surface area contributed by atoms with Crippen molar-refractivity contribution in [3.05, 3.63) is 72.4 Å². The highest BCUT2D eigenvalue weighted by Gasteiger charge is 2.53. The lowest BCUT2D eigenvalue weighted by atomic mass is 9.79. The number of esters is 2. The summed E-state index contributed by atoms with van der Waals surface area (Å²) in [5.41, 5.74) is 2.07. The zero-order valence-electron chi connectivity index (χ0n) is 37.1. The number of nitrogens with zero attached hydrogens (tertiary/aromatic N) is 3. The molecule has 1 aliphatic heterocycles. The molecule has 4 aliphatic rings. The van der Waals surface area contributed by atoms with E-state index in [2.05, 4.69) is 15.6 Å². The molecule has 18 heteroatoms. The molecule has 9 unspecified atom stereocenters. The second-order valence-electron chi connectivity index (χ2n) is 18.1. The summed E-state index contributed by atoms with van der Waals surface area (Å²) < 4.78 is 39.1.